The van der Waals surface area contributed by atoms with Crippen LogP contribution in [0.25, 0.3) is 0 Å². The van der Waals surface area contributed by atoms with E-state index in [0.717, 1.165) is 0 Å². The molecule has 2 aromatic carbocycles. The Labute approximate surface area is 183 Å². The van der Waals surface area contributed by atoms with Gasteiger partial charge < -0.3 is 15.0 Å². The van der Waals surface area contributed by atoms with Gasteiger partial charge in [0.2, 0.25) is 11.8 Å². The third-order valence-electron chi connectivity index (χ3n) is 5.42. The first-order valence-corrected chi connectivity index (χ1v) is 10.1. The Morgan fingerprint density at radius 2 is 1.97 bits per heavy atom. The fraction of sp³-hybridized carbons (Fsp3) is 0.261. The third kappa shape index (κ3) is 4.36. The average Bonchev–Trinajstić information content (AvgIpc) is 3.08. The number of piperidine rings is 1. The normalized spacial score (nSPS) is 17.6. The van der Waals surface area contributed by atoms with Crippen molar-refractivity contribution in [3.05, 3.63) is 59.2 Å². The summed E-state index contributed by atoms with van der Waals surface area (Å²) in [5.74, 6) is -1.16. The van der Waals surface area contributed by atoms with Crippen molar-refractivity contribution in [3.63, 3.8) is 0 Å². The number of carbonyl (C=O) groups excluding carboxylic acids is 5. The Balaban J connectivity index is 1.37. The largest absolute Gasteiger partial charge is 0.484 e. The molecule has 1 unspecified atom stereocenters. The molecule has 1 saturated heterocycles. The van der Waals surface area contributed by atoms with Crippen LogP contribution in [0.2, 0.25) is 0 Å². The first-order valence-electron chi connectivity index (χ1n) is 10.1. The van der Waals surface area contributed by atoms with Crippen LogP contribution in [0.15, 0.2) is 42.5 Å². The first-order chi connectivity index (χ1) is 15.3. The van der Waals surface area contributed by atoms with Gasteiger partial charge in [-0.3, -0.25) is 29.3 Å². The van der Waals surface area contributed by atoms with Crippen LogP contribution in [0.4, 0.5) is 5.69 Å². The minimum absolute atomic E-state index is 0.101. The zero-order valence-electron chi connectivity index (χ0n) is 17.3. The van der Waals surface area contributed by atoms with E-state index in [0.29, 0.717) is 34.5 Å². The molecule has 2 aromatic rings. The van der Waals surface area contributed by atoms with E-state index in [4.69, 9.17) is 4.74 Å². The fourth-order valence-corrected chi connectivity index (χ4v) is 3.80. The lowest BCUT2D eigenvalue weighted by molar-refractivity contribution is -0.137. The quantitative estimate of drug-likeness (QED) is 0.526. The van der Waals surface area contributed by atoms with Crippen molar-refractivity contribution in [3.8, 4) is 5.75 Å². The topological polar surface area (TPSA) is 122 Å². The lowest BCUT2D eigenvalue weighted by Crippen LogP contribution is -2.52. The van der Waals surface area contributed by atoms with Gasteiger partial charge >= 0.3 is 0 Å². The number of ketones is 1. The van der Waals surface area contributed by atoms with Crippen molar-refractivity contribution in [1.29, 1.82) is 0 Å². The summed E-state index contributed by atoms with van der Waals surface area (Å²) < 4.78 is 5.56. The van der Waals surface area contributed by atoms with Crippen LogP contribution in [0.3, 0.4) is 0 Å². The Hall–Kier alpha value is -4.01. The molecule has 1 fully saturated rings. The van der Waals surface area contributed by atoms with Crippen molar-refractivity contribution in [2.45, 2.75) is 32.4 Å². The summed E-state index contributed by atoms with van der Waals surface area (Å²) in [5.41, 5.74) is 2.14. The maximum absolute atomic E-state index is 12.7. The van der Waals surface area contributed by atoms with Crippen LogP contribution in [0.1, 0.15) is 46.0 Å². The van der Waals surface area contributed by atoms with Crippen LogP contribution in [-0.4, -0.2) is 47.0 Å². The Morgan fingerprint density at radius 1 is 1.16 bits per heavy atom. The second-order valence-corrected chi connectivity index (χ2v) is 7.69. The maximum Gasteiger partial charge on any atom is 0.262 e. The predicted molar refractivity (Wildman–Crippen MR) is 113 cm³/mol. The van der Waals surface area contributed by atoms with Gasteiger partial charge in [0.15, 0.2) is 12.4 Å². The maximum atomic E-state index is 12.7. The number of hydrogen-bond donors (Lipinski definition) is 2. The minimum atomic E-state index is -0.687. The SMILES string of the molecule is CC(=O)c1cccc(NC(=O)COc2ccc3c(c2)CN(C2CCC(=O)NC2=O)C3=O)c1. The highest BCUT2D eigenvalue weighted by Crippen LogP contribution is 2.30. The van der Waals surface area contributed by atoms with Crippen LogP contribution in [0, 0.1) is 0 Å². The Kier molecular flexibility index (Phi) is 5.72. The van der Waals surface area contributed by atoms with Crippen LogP contribution >= 0.6 is 0 Å². The summed E-state index contributed by atoms with van der Waals surface area (Å²) in [4.78, 5) is 61.3. The standard InChI is InChI=1S/C23H21N3O6/c1-13(27)14-3-2-4-16(9-14)24-21(29)12-32-17-5-6-18-15(10-17)11-26(23(18)31)19-7-8-20(28)25-22(19)30/h2-6,9-10,19H,7-8,11-12H2,1H3,(H,24,29)(H,25,28,30). The molecule has 0 saturated carbocycles. The molecule has 0 radical (unpaired) electrons. The monoisotopic (exact) mass is 435 g/mol. The van der Waals surface area contributed by atoms with Crippen LogP contribution in [0.5, 0.6) is 5.75 Å². The molecule has 2 heterocycles. The molecule has 0 aliphatic carbocycles. The number of Topliss-reactive ketones (excluding diaryl/α,β-unsaturated/α-hetero) is 1. The molecule has 1 atom stereocenters. The number of anilines is 1. The van der Waals surface area contributed by atoms with E-state index in [2.05, 4.69) is 10.6 Å². The molecule has 0 bridgehead atoms. The number of carbonyl (C=O) groups is 5. The summed E-state index contributed by atoms with van der Waals surface area (Å²) in [6.07, 6.45) is 0.480. The van der Waals surface area contributed by atoms with Crippen molar-refractivity contribution < 1.29 is 28.7 Å². The number of nitrogens with zero attached hydrogens (tertiary/aromatic N) is 1. The number of hydrogen-bond acceptors (Lipinski definition) is 6. The molecule has 0 aromatic heterocycles. The lowest BCUT2D eigenvalue weighted by Gasteiger charge is -2.29. The molecule has 4 amide bonds. The lowest BCUT2D eigenvalue weighted by atomic mass is 10.0. The van der Waals surface area contributed by atoms with E-state index in [1.807, 2.05) is 0 Å². The minimum Gasteiger partial charge on any atom is -0.484 e. The molecule has 164 valence electrons. The summed E-state index contributed by atoms with van der Waals surface area (Å²) in [7, 11) is 0. The van der Waals surface area contributed by atoms with E-state index >= 15 is 0 Å². The number of rotatable bonds is 6. The van der Waals surface area contributed by atoms with Crippen molar-refractivity contribution >= 4 is 35.1 Å². The molecule has 9 heteroatoms. The van der Waals surface area contributed by atoms with Gasteiger partial charge in [-0.05, 0) is 49.2 Å². The molecular formula is C23H21N3O6. The highest BCUT2D eigenvalue weighted by atomic mass is 16.5. The molecule has 4 rings (SSSR count). The fourth-order valence-electron chi connectivity index (χ4n) is 3.80. The number of nitrogens with one attached hydrogen (secondary N) is 2. The van der Waals surface area contributed by atoms with E-state index in [1.165, 1.54) is 11.8 Å². The van der Waals surface area contributed by atoms with E-state index in [9.17, 15) is 24.0 Å². The van der Waals surface area contributed by atoms with Crippen molar-refractivity contribution in [2.24, 2.45) is 0 Å². The molecule has 9 nitrogen and oxygen atoms in total. The van der Waals surface area contributed by atoms with E-state index in [-0.39, 0.29) is 37.2 Å². The average molecular weight is 435 g/mol. The summed E-state index contributed by atoms with van der Waals surface area (Å²) in [5, 5.41) is 4.94. The smallest absolute Gasteiger partial charge is 0.262 e. The first kappa shape index (κ1) is 21.2. The molecule has 2 aliphatic rings. The Bertz CT molecular complexity index is 1140. The van der Waals surface area contributed by atoms with Crippen molar-refractivity contribution in [1.82, 2.24) is 10.2 Å². The van der Waals surface area contributed by atoms with Crippen LogP contribution in [-0.2, 0) is 20.9 Å². The van der Waals surface area contributed by atoms with Gasteiger partial charge in [-0.15, -0.1) is 0 Å². The predicted octanol–water partition coefficient (Wildman–Crippen LogP) is 1.67. The zero-order valence-corrected chi connectivity index (χ0v) is 17.3. The highest BCUT2D eigenvalue weighted by molar-refractivity contribution is 6.05. The van der Waals surface area contributed by atoms with Gasteiger partial charge in [0.1, 0.15) is 11.8 Å². The molecule has 2 N–H and O–H groups in total. The summed E-state index contributed by atoms with van der Waals surface area (Å²) in [6, 6.07) is 10.8. The van der Waals surface area contributed by atoms with Gasteiger partial charge in [0.25, 0.3) is 11.8 Å². The Morgan fingerprint density at radius 3 is 2.72 bits per heavy atom. The number of amides is 4. The second-order valence-electron chi connectivity index (χ2n) is 7.69. The van der Waals surface area contributed by atoms with Gasteiger partial charge in [-0.25, -0.2) is 0 Å². The third-order valence-corrected chi connectivity index (χ3v) is 5.42. The van der Waals surface area contributed by atoms with Gasteiger partial charge in [0.05, 0.1) is 0 Å². The van der Waals surface area contributed by atoms with Crippen LogP contribution < -0.4 is 15.4 Å². The summed E-state index contributed by atoms with van der Waals surface area (Å²) >= 11 is 0. The number of benzene rings is 2. The molecule has 32 heavy (non-hydrogen) atoms. The van der Waals surface area contributed by atoms with E-state index < -0.39 is 17.9 Å². The zero-order chi connectivity index (χ0) is 22.8. The molecule has 0 spiro atoms. The second kappa shape index (κ2) is 8.62. The molecule has 2 aliphatic heterocycles. The number of ether oxygens (including phenoxy) is 1. The summed E-state index contributed by atoms with van der Waals surface area (Å²) in [6.45, 7) is 1.42. The number of fused-ring (bicyclic) bond motifs is 1. The van der Waals surface area contributed by atoms with Gasteiger partial charge in [-0.2, -0.15) is 0 Å². The highest BCUT2D eigenvalue weighted by Gasteiger charge is 2.39. The van der Waals surface area contributed by atoms with E-state index in [1.54, 1.807) is 42.5 Å². The van der Waals surface area contributed by atoms with Crippen molar-refractivity contribution in [2.75, 3.05) is 11.9 Å². The van der Waals surface area contributed by atoms with Gasteiger partial charge in [-0.1, -0.05) is 12.1 Å². The number of imide groups is 1. The van der Waals surface area contributed by atoms with Gasteiger partial charge in [0, 0.05) is 29.8 Å². The molecular weight excluding hydrogens is 414 g/mol.